The average molecular weight is 677 g/mol. The molecule has 0 spiro atoms. The Morgan fingerprint density at radius 1 is 0.360 bits per heavy atom. The number of aromatic nitrogens is 4. The third kappa shape index (κ3) is 5.50. The van der Waals surface area contributed by atoms with E-state index in [0.717, 1.165) is 42.9 Å². The van der Waals surface area contributed by atoms with Gasteiger partial charge in [0, 0.05) is 31.3 Å². The van der Waals surface area contributed by atoms with Crippen molar-refractivity contribution in [2.24, 2.45) is 0 Å². The molecule has 0 saturated carbocycles. The molecular weight excluding hydrogens is 649 g/mol. The Bertz CT molecular complexity index is 2740. The topological polar surface area (TPSA) is 51.6 Å². The van der Waals surface area contributed by atoms with Gasteiger partial charge in [0.25, 0.3) is 0 Å². The van der Waals surface area contributed by atoms with Crippen molar-refractivity contribution < 1.29 is 0 Å². The van der Waals surface area contributed by atoms with Crippen LogP contribution in [0, 0.1) is 0 Å². The molecular formula is C44H28N4S2. The monoisotopic (exact) mass is 676 g/mol. The molecule has 50 heavy (non-hydrogen) atoms. The zero-order valence-corrected chi connectivity index (χ0v) is 28.4. The minimum atomic E-state index is 1.01. The Labute approximate surface area is 297 Å². The predicted octanol–water partition coefficient (Wildman–Crippen LogP) is 12.4. The lowest BCUT2D eigenvalue weighted by Gasteiger charge is -2.04. The summed E-state index contributed by atoms with van der Waals surface area (Å²) in [6.07, 6.45) is 3.35. The van der Waals surface area contributed by atoms with Gasteiger partial charge in [0.05, 0.1) is 31.8 Å². The Morgan fingerprint density at radius 3 is 1.50 bits per heavy atom. The molecule has 4 nitrogen and oxygen atoms in total. The molecule has 236 valence electrons. The first-order valence-corrected chi connectivity index (χ1v) is 18.0. The molecule has 0 fully saturated rings. The molecule has 0 aliphatic heterocycles. The molecule has 0 saturated heterocycles. The van der Waals surface area contributed by atoms with Crippen molar-refractivity contribution in [2.75, 3.05) is 0 Å². The van der Waals surface area contributed by atoms with Crippen molar-refractivity contribution in [3.63, 3.8) is 0 Å². The zero-order valence-electron chi connectivity index (χ0n) is 26.8. The number of thiophene rings is 2. The normalized spacial score (nSPS) is 11.2. The minimum absolute atomic E-state index is 1.01. The largest absolute Gasteiger partial charge is 0.235 e. The SMILES string of the molecule is c1ccc(-c2ccc3sc4c(-c5ccccc5)ncnc4c3c2)cc1.c1ccc(-c2ncnc3c2sc2cccc(-c4ccccc4)c23)cc1. The number of benzene rings is 6. The Balaban J connectivity index is 0.000000135. The van der Waals surface area contributed by atoms with Crippen LogP contribution >= 0.6 is 22.7 Å². The van der Waals surface area contributed by atoms with Gasteiger partial charge in [-0.15, -0.1) is 22.7 Å². The van der Waals surface area contributed by atoms with Crippen LogP contribution in [-0.2, 0) is 0 Å². The van der Waals surface area contributed by atoms with Crippen molar-refractivity contribution in [3.8, 4) is 44.8 Å². The fourth-order valence-electron chi connectivity index (χ4n) is 6.47. The van der Waals surface area contributed by atoms with Gasteiger partial charge in [-0.3, -0.25) is 0 Å². The molecule has 10 aromatic rings. The van der Waals surface area contributed by atoms with Crippen molar-refractivity contribution in [1.82, 2.24) is 19.9 Å². The summed E-state index contributed by atoms with van der Waals surface area (Å²) < 4.78 is 4.78. The van der Waals surface area contributed by atoms with Crippen LogP contribution in [0.15, 0.2) is 170 Å². The van der Waals surface area contributed by atoms with Crippen LogP contribution < -0.4 is 0 Å². The third-order valence-electron chi connectivity index (χ3n) is 8.82. The highest BCUT2D eigenvalue weighted by Crippen LogP contribution is 2.42. The van der Waals surface area contributed by atoms with Crippen LogP contribution in [0.3, 0.4) is 0 Å². The second kappa shape index (κ2) is 13.1. The summed E-state index contributed by atoms with van der Waals surface area (Å²) in [6.45, 7) is 0. The van der Waals surface area contributed by atoms with Crippen molar-refractivity contribution in [2.45, 2.75) is 0 Å². The summed E-state index contributed by atoms with van der Waals surface area (Å²) in [5.41, 5.74) is 11.2. The molecule has 10 rings (SSSR count). The van der Waals surface area contributed by atoms with Gasteiger partial charge in [0.15, 0.2) is 0 Å². The maximum absolute atomic E-state index is 4.64. The summed E-state index contributed by atoms with van der Waals surface area (Å²) in [6, 6.07) is 54.7. The average Bonchev–Trinajstić information content (AvgIpc) is 3.78. The van der Waals surface area contributed by atoms with Crippen LogP contribution in [0.1, 0.15) is 0 Å². The molecule has 0 N–H and O–H groups in total. The van der Waals surface area contributed by atoms with E-state index < -0.39 is 0 Å². The van der Waals surface area contributed by atoms with E-state index in [1.165, 1.54) is 42.4 Å². The van der Waals surface area contributed by atoms with Crippen LogP contribution in [0.5, 0.6) is 0 Å². The van der Waals surface area contributed by atoms with E-state index in [-0.39, 0.29) is 0 Å². The van der Waals surface area contributed by atoms with Crippen molar-refractivity contribution in [1.29, 1.82) is 0 Å². The Morgan fingerprint density at radius 2 is 0.880 bits per heavy atom. The van der Waals surface area contributed by atoms with Gasteiger partial charge >= 0.3 is 0 Å². The van der Waals surface area contributed by atoms with Gasteiger partial charge in [-0.25, -0.2) is 19.9 Å². The van der Waals surface area contributed by atoms with E-state index in [4.69, 9.17) is 0 Å². The lowest BCUT2D eigenvalue weighted by Crippen LogP contribution is -1.86. The second-order valence-electron chi connectivity index (χ2n) is 11.9. The quantitative estimate of drug-likeness (QED) is 0.186. The van der Waals surface area contributed by atoms with Gasteiger partial charge in [-0.1, -0.05) is 140 Å². The lowest BCUT2D eigenvalue weighted by molar-refractivity contribution is 1.24. The first-order valence-electron chi connectivity index (χ1n) is 16.4. The predicted molar refractivity (Wildman–Crippen MR) is 212 cm³/mol. The summed E-state index contributed by atoms with van der Waals surface area (Å²) in [4.78, 5) is 18.4. The summed E-state index contributed by atoms with van der Waals surface area (Å²) >= 11 is 3.53. The summed E-state index contributed by atoms with van der Waals surface area (Å²) in [7, 11) is 0. The number of rotatable bonds is 4. The van der Waals surface area contributed by atoms with Crippen LogP contribution in [0.25, 0.3) is 85.4 Å². The molecule has 0 unspecified atom stereocenters. The summed E-state index contributed by atoms with van der Waals surface area (Å²) in [5, 5.41) is 2.41. The molecule has 6 heteroatoms. The first-order chi connectivity index (χ1) is 24.8. The maximum Gasteiger partial charge on any atom is 0.116 e. The molecule has 0 bridgehead atoms. The molecule has 0 radical (unpaired) electrons. The highest BCUT2D eigenvalue weighted by atomic mass is 32.1. The van der Waals surface area contributed by atoms with Gasteiger partial charge in [-0.2, -0.15) is 0 Å². The second-order valence-corrected chi connectivity index (χ2v) is 14.0. The third-order valence-corrected chi connectivity index (χ3v) is 11.1. The Kier molecular flexibility index (Phi) is 7.85. The highest BCUT2D eigenvalue weighted by Gasteiger charge is 2.16. The van der Waals surface area contributed by atoms with E-state index in [9.17, 15) is 0 Å². The van der Waals surface area contributed by atoms with Gasteiger partial charge in [0.2, 0.25) is 0 Å². The number of fused-ring (bicyclic) bond motifs is 6. The standard InChI is InChI=1S/2C22H14N2S/c1-3-8-15(9-4-1)17-12-7-13-18-19(17)21-22(25-18)20(23-14-24-21)16-10-5-2-6-11-16;1-3-7-15(8-4-1)17-11-12-19-18(13-17)21-22(25-19)20(23-14-24-21)16-9-5-2-6-10-16/h2*1-14H. The first kappa shape index (κ1) is 30.0. The molecule has 0 aliphatic rings. The van der Waals surface area contributed by atoms with Crippen LogP contribution in [-0.4, -0.2) is 19.9 Å². The number of hydrogen-bond donors (Lipinski definition) is 0. The molecule has 4 aromatic heterocycles. The minimum Gasteiger partial charge on any atom is -0.235 e. The summed E-state index contributed by atoms with van der Waals surface area (Å²) in [5.74, 6) is 0. The van der Waals surface area contributed by atoms with Gasteiger partial charge in [-0.05, 0) is 40.5 Å². The Hall–Kier alpha value is -6.08. The van der Waals surface area contributed by atoms with Gasteiger partial charge in [0.1, 0.15) is 12.7 Å². The fourth-order valence-corrected chi connectivity index (χ4v) is 8.81. The molecule has 0 amide bonds. The fraction of sp³-hybridized carbons (Fsp3) is 0. The molecule has 6 aromatic carbocycles. The van der Waals surface area contributed by atoms with Gasteiger partial charge < -0.3 is 0 Å². The van der Waals surface area contributed by atoms with E-state index in [2.05, 4.69) is 129 Å². The van der Waals surface area contributed by atoms with Crippen molar-refractivity contribution >= 4 is 63.3 Å². The molecule has 4 heterocycles. The van der Waals surface area contributed by atoms with E-state index in [0.29, 0.717) is 0 Å². The lowest BCUT2D eigenvalue weighted by atomic mass is 10.0. The van der Waals surface area contributed by atoms with E-state index >= 15 is 0 Å². The maximum atomic E-state index is 4.64. The highest BCUT2D eigenvalue weighted by molar-refractivity contribution is 7.26. The van der Waals surface area contributed by atoms with Crippen LogP contribution in [0.2, 0.25) is 0 Å². The van der Waals surface area contributed by atoms with Crippen molar-refractivity contribution in [3.05, 3.63) is 170 Å². The molecule has 0 atom stereocenters. The van der Waals surface area contributed by atoms with E-state index in [1.807, 2.05) is 48.5 Å². The zero-order chi connectivity index (χ0) is 33.3. The number of hydrogen-bond acceptors (Lipinski definition) is 6. The smallest absolute Gasteiger partial charge is 0.116 e. The number of nitrogens with zero attached hydrogens (tertiary/aromatic N) is 4. The van der Waals surface area contributed by atoms with E-state index in [1.54, 1.807) is 35.3 Å². The molecule has 0 aliphatic carbocycles. The van der Waals surface area contributed by atoms with Crippen LogP contribution in [0.4, 0.5) is 0 Å².